The maximum atomic E-state index is 5.96. The van der Waals surface area contributed by atoms with Crippen molar-refractivity contribution in [2.45, 2.75) is 38.6 Å². The van der Waals surface area contributed by atoms with Crippen molar-refractivity contribution in [3.8, 4) is 6.01 Å². The van der Waals surface area contributed by atoms with Crippen LogP contribution in [0.3, 0.4) is 0 Å². The van der Waals surface area contributed by atoms with Crippen LogP contribution in [0.4, 0.5) is 11.9 Å². The van der Waals surface area contributed by atoms with Crippen molar-refractivity contribution < 1.29 is 13.9 Å². The number of methoxy groups -OCH3 is 1. The minimum absolute atomic E-state index is 0.0759. The van der Waals surface area contributed by atoms with Gasteiger partial charge in [-0.25, -0.2) is 0 Å². The van der Waals surface area contributed by atoms with E-state index in [4.69, 9.17) is 18.9 Å². The standard InChI is InChI=1S/C21H32N6O3/c1-16-7-8-18(30-16)17(26-11-13-29-14-12-26)15-22-19-23-20(25-21(24-19)28-2)27-9-5-3-4-6-10-27/h7-8,17H,3-6,9-15H2,1-2H3,(H,22,23,24,25). The number of nitrogens with one attached hydrogen (secondary N) is 1. The number of nitrogens with zero attached hydrogens (tertiary/aromatic N) is 5. The molecule has 30 heavy (non-hydrogen) atoms. The van der Waals surface area contributed by atoms with Crippen molar-refractivity contribution in [3.05, 3.63) is 23.7 Å². The second-order valence-corrected chi connectivity index (χ2v) is 7.84. The van der Waals surface area contributed by atoms with Gasteiger partial charge in [0.1, 0.15) is 11.5 Å². The number of morpholine rings is 1. The van der Waals surface area contributed by atoms with Gasteiger partial charge in [0.15, 0.2) is 0 Å². The van der Waals surface area contributed by atoms with E-state index >= 15 is 0 Å². The second-order valence-electron chi connectivity index (χ2n) is 7.84. The molecule has 1 atom stereocenters. The minimum Gasteiger partial charge on any atom is -0.467 e. The zero-order chi connectivity index (χ0) is 20.8. The van der Waals surface area contributed by atoms with Crippen LogP contribution in [0, 0.1) is 6.92 Å². The molecule has 0 bridgehead atoms. The maximum Gasteiger partial charge on any atom is 0.322 e. The Balaban J connectivity index is 1.51. The molecule has 9 heteroatoms. The number of anilines is 2. The number of ether oxygens (including phenoxy) is 2. The van der Waals surface area contributed by atoms with Crippen LogP contribution in [0.5, 0.6) is 6.01 Å². The van der Waals surface area contributed by atoms with Crippen molar-refractivity contribution in [1.29, 1.82) is 0 Å². The smallest absolute Gasteiger partial charge is 0.322 e. The van der Waals surface area contributed by atoms with Crippen LogP contribution < -0.4 is 15.0 Å². The van der Waals surface area contributed by atoms with Gasteiger partial charge in [-0.2, -0.15) is 15.0 Å². The van der Waals surface area contributed by atoms with Gasteiger partial charge in [0.2, 0.25) is 11.9 Å². The molecule has 2 aromatic rings. The molecule has 1 unspecified atom stereocenters. The van der Waals surface area contributed by atoms with E-state index in [1.165, 1.54) is 12.8 Å². The number of aryl methyl sites for hydroxylation is 1. The highest BCUT2D eigenvalue weighted by molar-refractivity contribution is 5.39. The van der Waals surface area contributed by atoms with E-state index in [-0.39, 0.29) is 6.04 Å². The van der Waals surface area contributed by atoms with Crippen molar-refractivity contribution in [1.82, 2.24) is 19.9 Å². The average molecular weight is 417 g/mol. The Bertz CT molecular complexity index is 800. The molecule has 9 nitrogen and oxygen atoms in total. The monoisotopic (exact) mass is 416 g/mol. The fourth-order valence-corrected chi connectivity index (χ4v) is 4.05. The van der Waals surface area contributed by atoms with Gasteiger partial charge in [-0.1, -0.05) is 12.8 Å². The summed E-state index contributed by atoms with van der Waals surface area (Å²) in [5.41, 5.74) is 0. The molecule has 2 aromatic heterocycles. The van der Waals surface area contributed by atoms with Crippen molar-refractivity contribution >= 4 is 11.9 Å². The van der Waals surface area contributed by atoms with E-state index in [1.54, 1.807) is 7.11 Å². The predicted octanol–water partition coefficient (Wildman–Crippen LogP) is 2.65. The third-order valence-electron chi connectivity index (χ3n) is 5.70. The van der Waals surface area contributed by atoms with Crippen LogP contribution in [-0.2, 0) is 4.74 Å². The Labute approximate surface area is 177 Å². The summed E-state index contributed by atoms with van der Waals surface area (Å²) in [4.78, 5) is 18.2. The van der Waals surface area contributed by atoms with Crippen molar-refractivity contribution in [2.75, 3.05) is 63.3 Å². The summed E-state index contributed by atoms with van der Waals surface area (Å²) < 4.78 is 16.8. The molecule has 2 aliphatic heterocycles. The van der Waals surface area contributed by atoms with Crippen LogP contribution in [0.2, 0.25) is 0 Å². The Kier molecular flexibility index (Phi) is 7.01. The third kappa shape index (κ3) is 5.20. The molecular formula is C21H32N6O3. The lowest BCUT2D eigenvalue weighted by atomic mass is 10.1. The molecule has 2 aliphatic rings. The summed E-state index contributed by atoms with van der Waals surface area (Å²) in [7, 11) is 1.59. The molecule has 4 rings (SSSR count). The number of aromatic nitrogens is 3. The molecule has 1 N–H and O–H groups in total. The highest BCUT2D eigenvalue weighted by Crippen LogP contribution is 2.25. The van der Waals surface area contributed by atoms with Crippen LogP contribution in [0.1, 0.15) is 43.2 Å². The Hall–Kier alpha value is -2.39. The fourth-order valence-electron chi connectivity index (χ4n) is 4.05. The Morgan fingerprint density at radius 1 is 1.03 bits per heavy atom. The predicted molar refractivity (Wildman–Crippen MR) is 114 cm³/mol. The second kappa shape index (κ2) is 10.1. The van der Waals surface area contributed by atoms with E-state index in [9.17, 15) is 0 Å². The zero-order valence-electron chi connectivity index (χ0n) is 18.0. The topological polar surface area (TPSA) is 88.8 Å². The van der Waals surface area contributed by atoms with Crippen molar-refractivity contribution in [2.24, 2.45) is 0 Å². The lowest BCUT2D eigenvalue weighted by Crippen LogP contribution is -2.41. The lowest BCUT2D eigenvalue weighted by molar-refractivity contribution is 0.0143. The molecule has 0 aliphatic carbocycles. The number of furan rings is 1. The molecule has 0 radical (unpaired) electrons. The van der Waals surface area contributed by atoms with E-state index in [0.29, 0.717) is 24.5 Å². The molecular weight excluding hydrogens is 384 g/mol. The summed E-state index contributed by atoms with van der Waals surface area (Å²) in [5.74, 6) is 3.06. The van der Waals surface area contributed by atoms with Crippen molar-refractivity contribution in [3.63, 3.8) is 0 Å². The van der Waals surface area contributed by atoms with Gasteiger partial charge in [-0.3, -0.25) is 4.90 Å². The molecule has 4 heterocycles. The summed E-state index contributed by atoms with van der Waals surface area (Å²) >= 11 is 0. The third-order valence-corrected chi connectivity index (χ3v) is 5.70. The van der Waals surface area contributed by atoms with Crippen LogP contribution >= 0.6 is 0 Å². The maximum absolute atomic E-state index is 5.96. The normalized spacial score (nSPS) is 19.3. The van der Waals surface area contributed by atoms with Gasteiger partial charge >= 0.3 is 6.01 Å². The fraction of sp³-hybridized carbons (Fsp3) is 0.667. The Morgan fingerprint density at radius 3 is 2.47 bits per heavy atom. The molecule has 0 aromatic carbocycles. The highest BCUT2D eigenvalue weighted by atomic mass is 16.5. The Morgan fingerprint density at radius 2 is 1.80 bits per heavy atom. The molecule has 0 saturated carbocycles. The first-order valence-electron chi connectivity index (χ1n) is 10.9. The molecule has 2 saturated heterocycles. The minimum atomic E-state index is 0.0759. The summed E-state index contributed by atoms with van der Waals surface area (Å²) in [6.07, 6.45) is 4.84. The molecule has 164 valence electrons. The first-order valence-corrected chi connectivity index (χ1v) is 10.9. The van der Waals surface area contributed by atoms with Gasteiger partial charge in [0, 0.05) is 32.7 Å². The quantitative estimate of drug-likeness (QED) is 0.731. The van der Waals surface area contributed by atoms with Gasteiger partial charge in [0.05, 0.1) is 26.4 Å². The van der Waals surface area contributed by atoms with Crippen LogP contribution in [0.15, 0.2) is 16.5 Å². The van der Waals surface area contributed by atoms with E-state index in [2.05, 4.69) is 25.1 Å². The summed E-state index contributed by atoms with van der Waals surface area (Å²) in [6, 6.07) is 4.47. The van der Waals surface area contributed by atoms with E-state index in [1.807, 2.05) is 19.1 Å². The van der Waals surface area contributed by atoms with Gasteiger partial charge in [-0.05, 0) is 31.9 Å². The van der Waals surface area contributed by atoms with Crippen LogP contribution in [0.25, 0.3) is 0 Å². The number of hydrogen-bond acceptors (Lipinski definition) is 9. The molecule has 0 spiro atoms. The summed E-state index contributed by atoms with van der Waals surface area (Å²) in [6.45, 7) is 7.72. The first kappa shape index (κ1) is 20.9. The van der Waals surface area contributed by atoms with Crippen LogP contribution in [-0.4, -0.2) is 72.9 Å². The molecule has 0 amide bonds. The number of rotatable bonds is 7. The van der Waals surface area contributed by atoms with E-state index in [0.717, 1.165) is 63.8 Å². The highest BCUT2D eigenvalue weighted by Gasteiger charge is 2.26. The number of hydrogen-bond donors (Lipinski definition) is 1. The zero-order valence-corrected chi connectivity index (χ0v) is 18.0. The lowest BCUT2D eigenvalue weighted by Gasteiger charge is -2.33. The SMILES string of the molecule is COc1nc(NCC(c2ccc(C)o2)N2CCOCC2)nc(N2CCCCCC2)n1. The van der Waals surface area contributed by atoms with Gasteiger partial charge in [0.25, 0.3) is 0 Å². The van der Waals surface area contributed by atoms with Gasteiger partial charge < -0.3 is 24.1 Å². The average Bonchev–Trinajstić information content (AvgIpc) is 3.03. The van der Waals surface area contributed by atoms with E-state index < -0.39 is 0 Å². The first-order chi connectivity index (χ1) is 14.7. The molecule has 2 fully saturated rings. The largest absolute Gasteiger partial charge is 0.467 e. The van der Waals surface area contributed by atoms with Gasteiger partial charge in [-0.15, -0.1) is 0 Å². The summed E-state index contributed by atoms with van der Waals surface area (Å²) in [5, 5.41) is 3.41.